The molecule has 6 nitrogen and oxygen atoms in total. The highest BCUT2D eigenvalue weighted by Gasteiger charge is 2.13. The molecule has 2 rings (SSSR count). The van der Waals surface area contributed by atoms with E-state index in [9.17, 15) is 9.59 Å². The van der Waals surface area contributed by atoms with Crippen LogP contribution in [-0.2, 0) is 14.3 Å². The van der Waals surface area contributed by atoms with E-state index in [-0.39, 0.29) is 0 Å². The van der Waals surface area contributed by atoms with Gasteiger partial charge < -0.3 is 19.7 Å². The second kappa shape index (κ2) is 12.4. The molecule has 1 N–H and O–H groups in total. The number of hydrogen-bond donors (Lipinski definition) is 1. The molecule has 1 aromatic carbocycles. The zero-order valence-electron chi connectivity index (χ0n) is 16.0. The number of nitrogens with zero attached hydrogens (tertiary/aromatic N) is 1. The molecule has 152 valence electrons. The maximum atomic E-state index is 11.8. The zero-order valence-corrected chi connectivity index (χ0v) is 17.7. The first-order valence-electron chi connectivity index (χ1n) is 9.30. The summed E-state index contributed by atoms with van der Waals surface area (Å²) in [5.41, 5.74) is 0.595. The Balaban J connectivity index is 1.68. The number of thiocarbonyl (C=S) groups is 1. The van der Waals surface area contributed by atoms with Crippen molar-refractivity contribution in [1.29, 1.82) is 0 Å². The Bertz CT molecular complexity index is 703. The van der Waals surface area contributed by atoms with Crippen molar-refractivity contribution in [2.75, 3.05) is 37.9 Å². The molecule has 28 heavy (non-hydrogen) atoms. The topological polar surface area (TPSA) is 67.9 Å². The van der Waals surface area contributed by atoms with E-state index in [4.69, 9.17) is 17.0 Å². The summed E-state index contributed by atoms with van der Waals surface area (Å²) in [5, 5.41) is 2.67. The van der Waals surface area contributed by atoms with E-state index in [1.165, 1.54) is 26.4 Å². The molecular weight excluding hydrogens is 396 g/mol. The molecule has 8 heteroatoms. The fourth-order valence-electron chi connectivity index (χ4n) is 2.64. The van der Waals surface area contributed by atoms with Gasteiger partial charge in [-0.05, 0) is 37.8 Å². The number of thioether (sulfide) groups is 1. The third kappa shape index (κ3) is 8.31. The lowest BCUT2D eigenvalue weighted by Gasteiger charge is -2.28. The summed E-state index contributed by atoms with van der Waals surface area (Å²) in [6.45, 7) is 2.74. The van der Waals surface area contributed by atoms with Crippen LogP contribution in [0.25, 0.3) is 0 Å². The minimum Gasteiger partial charge on any atom is -0.493 e. The Morgan fingerprint density at radius 2 is 2.04 bits per heavy atom. The molecule has 0 aliphatic carbocycles. The van der Waals surface area contributed by atoms with Gasteiger partial charge in [0, 0.05) is 42.7 Å². The molecule has 1 saturated heterocycles. The molecule has 0 aromatic heterocycles. The number of amides is 1. The van der Waals surface area contributed by atoms with Crippen LogP contribution in [0.3, 0.4) is 0 Å². The average molecular weight is 423 g/mol. The molecule has 0 spiro atoms. The predicted molar refractivity (Wildman–Crippen MR) is 117 cm³/mol. The molecule has 0 atom stereocenters. The molecule has 1 aliphatic heterocycles. The molecule has 1 aliphatic rings. The summed E-state index contributed by atoms with van der Waals surface area (Å²) < 4.78 is 11.2. The van der Waals surface area contributed by atoms with Gasteiger partial charge in [-0.2, -0.15) is 0 Å². The second-order valence-electron chi connectivity index (χ2n) is 6.24. The summed E-state index contributed by atoms with van der Waals surface area (Å²) in [7, 11) is 1.26. The van der Waals surface area contributed by atoms with Gasteiger partial charge in [-0.1, -0.05) is 30.0 Å². The van der Waals surface area contributed by atoms with E-state index in [0.29, 0.717) is 18.0 Å². The fraction of sp³-hybridized carbons (Fsp3) is 0.450. The number of carbonyl (C=O) groups is 2. The minimum atomic E-state index is -0.579. The van der Waals surface area contributed by atoms with Crippen LogP contribution in [0.15, 0.2) is 36.4 Å². The predicted octanol–water partition coefficient (Wildman–Crippen LogP) is 3.63. The fourth-order valence-corrected chi connectivity index (χ4v) is 3.87. The summed E-state index contributed by atoms with van der Waals surface area (Å²) in [5.74, 6) is 0.609. The normalized spacial score (nSPS) is 14.0. The number of esters is 1. The second-order valence-corrected chi connectivity index (χ2v) is 7.97. The number of hydrogen-bond acceptors (Lipinski definition) is 6. The number of ether oxygens (including phenoxy) is 2. The molecule has 1 heterocycles. The molecular formula is C20H26N2O4S2. The van der Waals surface area contributed by atoms with E-state index in [1.807, 2.05) is 6.07 Å². The summed E-state index contributed by atoms with van der Waals surface area (Å²) in [6, 6.07) is 7.14. The highest BCUT2D eigenvalue weighted by atomic mass is 32.2. The van der Waals surface area contributed by atoms with Gasteiger partial charge in [-0.25, -0.2) is 4.79 Å². The van der Waals surface area contributed by atoms with Crippen LogP contribution < -0.4 is 10.1 Å². The highest BCUT2D eigenvalue weighted by molar-refractivity contribution is 8.22. The SMILES string of the molecule is COC(=O)/C=C/C(=O)Nc1cccc(OCCCSC(=S)N2CCCCC2)c1. The minimum absolute atomic E-state index is 0.412. The molecule has 1 aromatic rings. The van der Waals surface area contributed by atoms with Crippen molar-refractivity contribution in [3.05, 3.63) is 36.4 Å². The van der Waals surface area contributed by atoms with Crippen LogP contribution in [0.5, 0.6) is 5.75 Å². The number of nitrogens with one attached hydrogen (secondary N) is 1. The van der Waals surface area contributed by atoms with E-state index < -0.39 is 11.9 Å². The standard InChI is InChI=1S/C20H26N2O4S2/c1-25-19(24)10-9-18(23)21-16-7-5-8-17(15-16)26-13-6-14-28-20(27)22-11-3-2-4-12-22/h5,7-10,15H,2-4,6,11-14H2,1H3,(H,21,23)/b10-9+. The first kappa shape index (κ1) is 22.2. The number of methoxy groups -OCH3 is 1. The Hall–Kier alpha value is -2.06. The van der Waals surface area contributed by atoms with Crippen LogP contribution in [0.4, 0.5) is 5.69 Å². The largest absolute Gasteiger partial charge is 0.493 e. The number of anilines is 1. The van der Waals surface area contributed by atoms with Crippen LogP contribution >= 0.6 is 24.0 Å². The van der Waals surface area contributed by atoms with Crippen LogP contribution in [0.2, 0.25) is 0 Å². The molecule has 0 unspecified atom stereocenters. The first-order valence-corrected chi connectivity index (χ1v) is 10.7. The van der Waals surface area contributed by atoms with Crippen molar-refractivity contribution >= 4 is 45.9 Å². The monoisotopic (exact) mass is 422 g/mol. The summed E-state index contributed by atoms with van der Waals surface area (Å²) >= 11 is 7.21. The van der Waals surface area contributed by atoms with Crippen molar-refractivity contribution in [3.63, 3.8) is 0 Å². The maximum absolute atomic E-state index is 11.8. The number of rotatable bonds is 8. The van der Waals surface area contributed by atoms with Gasteiger partial charge in [0.25, 0.3) is 0 Å². The van der Waals surface area contributed by atoms with E-state index in [0.717, 1.165) is 41.7 Å². The van der Waals surface area contributed by atoms with Gasteiger partial charge in [0.15, 0.2) is 0 Å². The van der Waals surface area contributed by atoms with Gasteiger partial charge in [0.1, 0.15) is 10.1 Å². The Kier molecular flexibility index (Phi) is 9.85. The van der Waals surface area contributed by atoms with Crippen LogP contribution in [-0.4, -0.2) is 53.7 Å². The molecule has 0 saturated carbocycles. The van der Waals surface area contributed by atoms with Crippen molar-refractivity contribution in [3.8, 4) is 5.75 Å². The molecule has 0 radical (unpaired) electrons. The maximum Gasteiger partial charge on any atom is 0.330 e. The number of piperidine rings is 1. The summed E-state index contributed by atoms with van der Waals surface area (Å²) in [4.78, 5) is 25.1. The highest BCUT2D eigenvalue weighted by Crippen LogP contribution is 2.19. The van der Waals surface area contributed by atoms with Gasteiger partial charge >= 0.3 is 5.97 Å². The Morgan fingerprint density at radius 1 is 1.25 bits per heavy atom. The average Bonchev–Trinajstić information content (AvgIpc) is 2.72. The lowest BCUT2D eigenvalue weighted by atomic mass is 10.1. The van der Waals surface area contributed by atoms with Crippen molar-refractivity contribution in [2.45, 2.75) is 25.7 Å². The van der Waals surface area contributed by atoms with Crippen LogP contribution in [0.1, 0.15) is 25.7 Å². The zero-order chi connectivity index (χ0) is 20.2. The number of benzene rings is 1. The number of likely N-dealkylation sites (tertiary alicyclic amines) is 1. The first-order chi connectivity index (χ1) is 13.6. The molecule has 0 bridgehead atoms. The van der Waals surface area contributed by atoms with Crippen LogP contribution in [0, 0.1) is 0 Å². The Labute approximate surface area is 175 Å². The van der Waals surface area contributed by atoms with E-state index in [2.05, 4.69) is 15.0 Å². The molecule has 1 fully saturated rings. The Morgan fingerprint density at radius 3 is 2.79 bits per heavy atom. The van der Waals surface area contributed by atoms with Crippen molar-refractivity contribution in [2.24, 2.45) is 0 Å². The van der Waals surface area contributed by atoms with Gasteiger partial charge in [0.2, 0.25) is 5.91 Å². The van der Waals surface area contributed by atoms with E-state index in [1.54, 1.807) is 30.0 Å². The number of carbonyl (C=O) groups excluding carboxylic acids is 2. The molecule has 1 amide bonds. The smallest absolute Gasteiger partial charge is 0.330 e. The quantitative estimate of drug-likeness (QED) is 0.297. The van der Waals surface area contributed by atoms with Crippen molar-refractivity contribution < 1.29 is 19.1 Å². The van der Waals surface area contributed by atoms with Gasteiger partial charge in [-0.15, -0.1) is 0 Å². The van der Waals surface area contributed by atoms with Crippen molar-refractivity contribution in [1.82, 2.24) is 4.90 Å². The third-order valence-electron chi connectivity index (χ3n) is 4.07. The van der Waals surface area contributed by atoms with E-state index >= 15 is 0 Å². The third-order valence-corrected chi connectivity index (χ3v) is 5.68. The van der Waals surface area contributed by atoms with Gasteiger partial charge in [-0.3, -0.25) is 4.79 Å². The van der Waals surface area contributed by atoms with Gasteiger partial charge in [0.05, 0.1) is 13.7 Å². The summed E-state index contributed by atoms with van der Waals surface area (Å²) in [6.07, 6.45) is 6.85. The lowest BCUT2D eigenvalue weighted by molar-refractivity contribution is -0.135. The lowest BCUT2D eigenvalue weighted by Crippen LogP contribution is -2.32.